The van der Waals surface area contributed by atoms with Crippen molar-refractivity contribution in [2.45, 2.75) is 19.3 Å². The molecule has 3 heterocycles. The predicted molar refractivity (Wildman–Crippen MR) is 221 cm³/mol. The molecule has 54 heavy (non-hydrogen) atoms. The molecular weight excluding hydrogens is 659 g/mol. The molecule has 0 saturated heterocycles. The molecule has 0 N–H and O–H groups in total. The van der Waals surface area contributed by atoms with E-state index >= 15 is 0 Å². The van der Waals surface area contributed by atoms with E-state index in [4.69, 9.17) is 19.4 Å². The monoisotopic (exact) mass is 691 g/mol. The highest BCUT2D eigenvalue weighted by atomic mass is 16.3. The lowest BCUT2D eigenvalue weighted by Gasteiger charge is -2.22. The van der Waals surface area contributed by atoms with Gasteiger partial charge in [0.1, 0.15) is 5.58 Å². The van der Waals surface area contributed by atoms with E-state index in [0.29, 0.717) is 11.5 Å². The third kappa shape index (κ3) is 4.66. The van der Waals surface area contributed by atoms with Crippen molar-refractivity contribution >= 4 is 43.6 Å². The van der Waals surface area contributed by atoms with Gasteiger partial charge in [-0.3, -0.25) is 0 Å². The van der Waals surface area contributed by atoms with Crippen LogP contribution in [-0.2, 0) is 5.41 Å². The number of rotatable bonds is 4. The van der Waals surface area contributed by atoms with Gasteiger partial charge in [0.15, 0.2) is 5.82 Å². The van der Waals surface area contributed by atoms with E-state index < -0.39 is 0 Å². The van der Waals surface area contributed by atoms with Crippen LogP contribution in [0.2, 0.25) is 0 Å². The number of furan rings is 1. The molecule has 0 bridgehead atoms. The first-order valence-electron chi connectivity index (χ1n) is 18.4. The molecule has 7 aromatic carbocycles. The molecule has 0 spiro atoms. The molecule has 4 nitrogen and oxygen atoms in total. The van der Waals surface area contributed by atoms with Crippen molar-refractivity contribution in [3.8, 4) is 56.3 Å². The van der Waals surface area contributed by atoms with Crippen molar-refractivity contribution in [2.75, 3.05) is 0 Å². The Morgan fingerprint density at radius 2 is 1.11 bits per heavy atom. The highest BCUT2D eigenvalue weighted by Crippen LogP contribution is 2.49. The van der Waals surface area contributed by atoms with Crippen LogP contribution in [0.15, 0.2) is 168 Å². The lowest BCUT2D eigenvalue weighted by Crippen LogP contribution is -2.15. The SMILES string of the molecule is CC1(C)c2ccccc2-c2ccc(-c3nc(-c4cccc(-c5nc6oc7ccccc7c6c6ccccc56)c4)cc(-c4ccc5ccccc5c4)n3)cc21. The summed E-state index contributed by atoms with van der Waals surface area (Å²) in [4.78, 5) is 15.7. The molecule has 4 heteroatoms. The smallest absolute Gasteiger partial charge is 0.228 e. The zero-order valence-corrected chi connectivity index (χ0v) is 29.8. The zero-order chi connectivity index (χ0) is 36.0. The van der Waals surface area contributed by atoms with Gasteiger partial charge < -0.3 is 4.42 Å². The van der Waals surface area contributed by atoms with Crippen LogP contribution in [0.25, 0.3) is 99.9 Å². The molecule has 1 aliphatic carbocycles. The van der Waals surface area contributed by atoms with Gasteiger partial charge in [0.25, 0.3) is 0 Å². The highest BCUT2D eigenvalue weighted by Gasteiger charge is 2.35. The summed E-state index contributed by atoms with van der Waals surface area (Å²) in [7, 11) is 0. The second-order valence-corrected chi connectivity index (χ2v) is 14.8. The number of para-hydroxylation sites is 1. The maximum atomic E-state index is 6.33. The minimum atomic E-state index is -0.133. The molecule has 0 aliphatic heterocycles. The number of aromatic nitrogens is 3. The first-order chi connectivity index (χ1) is 26.5. The van der Waals surface area contributed by atoms with Crippen molar-refractivity contribution in [3.05, 3.63) is 175 Å². The second-order valence-electron chi connectivity index (χ2n) is 14.8. The fraction of sp³-hybridized carbons (Fsp3) is 0.0600. The molecular formula is C50H33N3O. The summed E-state index contributed by atoms with van der Waals surface area (Å²) in [6, 6.07) is 57.8. The van der Waals surface area contributed by atoms with Crippen LogP contribution >= 0.6 is 0 Å². The normalized spacial score (nSPS) is 13.1. The molecule has 0 radical (unpaired) electrons. The van der Waals surface area contributed by atoms with Crippen LogP contribution in [-0.4, -0.2) is 15.0 Å². The summed E-state index contributed by atoms with van der Waals surface area (Å²) in [6.45, 7) is 4.62. The zero-order valence-electron chi connectivity index (χ0n) is 29.8. The van der Waals surface area contributed by atoms with Gasteiger partial charge in [-0.1, -0.05) is 147 Å². The van der Waals surface area contributed by atoms with E-state index in [0.717, 1.165) is 66.5 Å². The Hall–Kier alpha value is -6.91. The first kappa shape index (κ1) is 30.7. The molecule has 0 fully saturated rings. The molecule has 0 saturated carbocycles. The fourth-order valence-electron chi connectivity index (χ4n) is 8.55. The molecule has 254 valence electrons. The van der Waals surface area contributed by atoms with E-state index in [9.17, 15) is 0 Å². The maximum Gasteiger partial charge on any atom is 0.228 e. The molecule has 0 unspecified atom stereocenters. The number of benzene rings is 7. The van der Waals surface area contributed by atoms with Crippen molar-refractivity contribution in [2.24, 2.45) is 0 Å². The maximum absolute atomic E-state index is 6.33. The number of fused-ring (bicyclic) bond motifs is 9. The lowest BCUT2D eigenvalue weighted by molar-refractivity contribution is 0.655. The Kier molecular flexibility index (Phi) is 6.56. The first-order valence-corrected chi connectivity index (χ1v) is 18.4. The molecule has 11 rings (SSSR count). The summed E-state index contributed by atoms with van der Waals surface area (Å²) in [5, 5.41) is 6.69. The van der Waals surface area contributed by atoms with Crippen molar-refractivity contribution in [3.63, 3.8) is 0 Å². The van der Waals surface area contributed by atoms with Gasteiger partial charge in [-0.25, -0.2) is 15.0 Å². The summed E-state index contributed by atoms with van der Waals surface area (Å²) in [5.41, 5.74) is 13.2. The minimum Gasteiger partial charge on any atom is -0.438 e. The van der Waals surface area contributed by atoms with Crippen LogP contribution < -0.4 is 0 Å². The summed E-state index contributed by atoms with van der Waals surface area (Å²) in [5.74, 6) is 0.697. The van der Waals surface area contributed by atoms with Crippen LogP contribution in [0.1, 0.15) is 25.0 Å². The third-order valence-corrected chi connectivity index (χ3v) is 11.3. The lowest BCUT2D eigenvalue weighted by atomic mass is 9.82. The number of hydrogen-bond donors (Lipinski definition) is 0. The van der Waals surface area contributed by atoms with Gasteiger partial charge in [-0.2, -0.15) is 0 Å². The molecule has 0 amide bonds. The van der Waals surface area contributed by atoms with Gasteiger partial charge in [0.2, 0.25) is 5.71 Å². The van der Waals surface area contributed by atoms with E-state index in [1.54, 1.807) is 0 Å². The van der Waals surface area contributed by atoms with E-state index in [1.165, 1.54) is 33.0 Å². The molecule has 3 aromatic heterocycles. The Bertz CT molecular complexity index is 3150. The number of pyridine rings is 1. The van der Waals surface area contributed by atoms with Gasteiger partial charge in [-0.05, 0) is 68.7 Å². The van der Waals surface area contributed by atoms with Crippen LogP contribution in [0.3, 0.4) is 0 Å². The van der Waals surface area contributed by atoms with Crippen LogP contribution in [0.5, 0.6) is 0 Å². The topological polar surface area (TPSA) is 51.8 Å². The van der Waals surface area contributed by atoms with Gasteiger partial charge >= 0.3 is 0 Å². The molecule has 10 aromatic rings. The average molecular weight is 692 g/mol. The Morgan fingerprint density at radius 3 is 1.98 bits per heavy atom. The summed E-state index contributed by atoms with van der Waals surface area (Å²) >= 11 is 0. The van der Waals surface area contributed by atoms with Gasteiger partial charge in [0, 0.05) is 38.4 Å². The highest BCUT2D eigenvalue weighted by molar-refractivity contribution is 6.20. The van der Waals surface area contributed by atoms with Gasteiger partial charge in [-0.15, -0.1) is 0 Å². The predicted octanol–water partition coefficient (Wildman–Crippen LogP) is 13.1. The van der Waals surface area contributed by atoms with E-state index in [1.807, 2.05) is 18.2 Å². The van der Waals surface area contributed by atoms with Gasteiger partial charge in [0.05, 0.1) is 22.5 Å². The molecule has 0 atom stereocenters. The summed E-state index contributed by atoms with van der Waals surface area (Å²) < 4.78 is 6.33. The largest absolute Gasteiger partial charge is 0.438 e. The average Bonchev–Trinajstić information content (AvgIpc) is 3.72. The fourth-order valence-corrected chi connectivity index (χ4v) is 8.55. The Labute approximate surface area is 312 Å². The standard InChI is InChI=1S/C50H33N3O/c1-50(2)41-20-9-7-16-36(41)37-25-24-35(28-42(37)50)48-51-43(29-44(52-48)33-23-22-30-12-3-4-13-31(30)26-33)32-14-11-15-34(27-32)47-39-18-6-5-17-38(39)46-40-19-8-10-21-45(40)54-49(46)53-47/h3-29H,1-2H3. The van der Waals surface area contributed by atoms with Crippen molar-refractivity contribution in [1.29, 1.82) is 0 Å². The van der Waals surface area contributed by atoms with Crippen LogP contribution in [0, 0.1) is 0 Å². The Morgan fingerprint density at radius 1 is 0.444 bits per heavy atom. The van der Waals surface area contributed by atoms with E-state index in [-0.39, 0.29) is 5.41 Å². The summed E-state index contributed by atoms with van der Waals surface area (Å²) in [6.07, 6.45) is 0. The van der Waals surface area contributed by atoms with Crippen LogP contribution in [0.4, 0.5) is 0 Å². The Balaban J connectivity index is 1.10. The van der Waals surface area contributed by atoms with E-state index in [2.05, 4.69) is 159 Å². The third-order valence-electron chi connectivity index (χ3n) is 11.3. The quantitative estimate of drug-likeness (QED) is 0.184. The second kappa shape index (κ2) is 11.5. The number of nitrogens with zero attached hydrogens (tertiary/aromatic N) is 3. The number of hydrogen-bond acceptors (Lipinski definition) is 4. The molecule has 1 aliphatic rings. The minimum absolute atomic E-state index is 0.133. The van der Waals surface area contributed by atoms with Crippen molar-refractivity contribution in [1.82, 2.24) is 15.0 Å². The van der Waals surface area contributed by atoms with Crippen molar-refractivity contribution < 1.29 is 4.42 Å².